The van der Waals surface area contributed by atoms with Crippen LogP contribution in [0.3, 0.4) is 0 Å². The van der Waals surface area contributed by atoms with Crippen LogP contribution in [-0.2, 0) is 16.0 Å². The van der Waals surface area contributed by atoms with E-state index in [1.165, 1.54) is 12.1 Å². The van der Waals surface area contributed by atoms with Crippen LogP contribution in [-0.4, -0.2) is 17.9 Å². The van der Waals surface area contributed by atoms with Crippen LogP contribution in [0.2, 0.25) is 0 Å². The van der Waals surface area contributed by atoms with Crippen LogP contribution in [0, 0.1) is 11.7 Å². The van der Waals surface area contributed by atoms with Crippen LogP contribution >= 0.6 is 0 Å². The zero-order valence-electron chi connectivity index (χ0n) is 9.86. The number of hydrogen-bond donors (Lipinski definition) is 2. The van der Waals surface area contributed by atoms with E-state index in [0.29, 0.717) is 0 Å². The van der Waals surface area contributed by atoms with Crippen LogP contribution in [0.25, 0.3) is 0 Å². The van der Waals surface area contributed by atoms with Crippen LogP contribution in [0.15, 0.2) is 24.3 Å². The number of halogens is 1. The van der Waals surface area contributed by atoms with E-state index < -0.39 is 11.9 Å². The molecule has 1 fully saturated rings. The molecule has 4 nitrogen and oxygen atoms in total. The minimum Gasteiger partial charge on any atom is -0.368 e. The fourth-order valence-corrected chi connectivity index (χ4v) is 1.71. The maximum Gasteiger partial charge on any atom is 0.240 e. The lowest BCUT2D eigenvalue weighted by atomic mass is 10.1. The first kappa shape index (κ1) is 12.5. The van der Waals surface area contributed by atoms with E-state index in [-0.39, 0.29) is 24.1 Å². The minimum atomic E-state index is -0.733. The van der Waals surface area contributed by atoms with Gasteiger partial charge in [-0.1, -0.05) is 12.1 Å². The highest BCUT2D eigenvalue weighted by Gasteiger charge is 2.32. The number of carbonyl (C=O) groups excluding carboxylic acids is 2. The van der Waals surface area contributed by atoms with Gasteiger partial charge in [-0.05, 0) is 30.5 Å². The smallest absolute Gasteiger partial charge is 0.240 e. The molecule has 0 heterocycles. The van der Waals surface area contributed by atoms with Crippen molar-refractivity contribution in [2.24, 2.45) is 11.7 Å². The number of benzene rings is 1. The predicted molar refractivity (Wildman–Crippen MR) is 64.0 cm³/mol. The molecule has 1 aromatic rings. The van der Waals surface area contributed by atoms with Gasteiger partial charge in [-0.3, -0.25) is 9.59 Å². The molecule has 1 saturated carbocycles. The zero-order valence-corrected chi connectivity index (χ0v) is 9.86. The first-order valence-corrected chi connectivity index (χ1v) is 5.90. The van der Waals surface area contributed by atoms with E-state index >= 15 is 0 Å². The lowest BCUT2D eigenvalue weighted by Crippen LogP contribution is -2.46. The summed E-state index contributed by atoms with van der Waals surface area (Å²) in [5, 5.41) is 2.63. The SMILES string of the molecule is NC(=O)[C@@H](Cc1ccc(F)cc1)NC(=O)C1CC1. The molecule has 0 aromatic heterocycles. The van der Waals surface area contributed by atoms with E-state index in [0.717, 1.165) is 18.4 Å². The largest absolute Gasteiger partial charge is 0.368 e. The molecule has 2 rings (SSSR count). The summed E-state index contributed by atoms with van der Waals surface area (Å²) in [6.45, 7) is 0. The molecule has 0 aliphatic heterocycles. The summed E-state index contributed by atoms with van der Waals surface area (Å²) >= 11 is 0. The third kappa shape index (κ3) is 3.29. The van der Waals surface area contributed by atoms with Crippen molar-refractivity contribution in [1.82, 2.24) is 5.32 Å². The summed E-state index contributed by atoms with van der Waals surface area (Å²) in [7, 11) is 0. The zero-order chi connectivity index (χ0) is 13.1. The summed E-state index contributed by atoms with van der Waals surface area (Å²) in [6, 6.07) is 5.05. The average Bonchev–Trinajstić information content (AvgIpc) is 3.14. The number of nitrogens with two attached hydrogens (primary N) is 1. The van der Waals surface area contributed by atoms with Gasteiger partial charge < -0.3 is 11.1 Å². The maximum atomic E-state index is 12.7. The van der Waals surface area contributed by atoms with Gasteiger partial charge in [-0.25, -0.2) is 4.39 Å². The second-order valence-corrected chi connectivity index (χ2v) is 4.57. The van der Waals surface area contributed by atoms with Crippen molar-refractivity contribution >= 4 is 11.8 Å². The molecule has 18 heavy (non-hydrogen) atoms. The Bertz CT molecular complexity index is 455. The summed E-state index contributed by atoms with van der Waals surface area (Å²) in [4.78, 5) is 22.9. The Kier molecular flexibility index (Phi) is 3.60. The Labute approximate surface area is 104 Å². The lowest BCUT2D eigenvalue weighted by molar-refractivity contribution is -0.128. The Morgan fingerprint density at radius 2 is 1.94 bits per heavy atom. The number of carbonyl (C=O) groups is 2. The van der Waals surface area contributed by atoms with Gasteiger partial charge in [0.25, 0.3) is 0 Å². The van der Waals surface area contributed by atoms with Crippen LogP contribution < -0.4 is 11.1 Å². The standard InChI is InChI=1S/C13H15FN2O2/c14-10-5-1-8(2-6-10)7-11(12(15)17)16-13(18)9-3-4-9/h1-2,5-6,9,11H,3-4,7H2,(H2,15,17)(H,16,18)/t11-/m1/s1. The average molecular weight is 250 g/mol. The lowest BCUT2D eigenvalue weighted by Gasteiger charge is -2.15. The summed E-state index contributed by atoms with van der Waals surface area (Å²) in [5.74, 6) is -1.01. The Hall–Kier alpha value is -1.91. The molecule has 5 heteroatoms. The number of rotatable bonds is 5. The molecule has 3 N–H and O–H groups in total. The van der Waals surface area contributed by atoms with Crippen LogP contribution in [0.5, 0.6) is 0 Å². The van der Waals surface area contributed by atoms with Crippen LogP contribution in [0.4, 0.5) is 4.39 Å². The first-order valence-electron chi connectivity index (χ1n) is 5.90. The monoisotopic (exact) mass is 250 g/mol. The molecular formula is C13H15FN2O2. The number of primary amides is 1. The predicted octanol–water partition coefficient (Wildman–Crippen LogP) is 0.748. The summed E-state index contributed by atoms with van der Waals surface area (Å²) in [6.07, 6.45) is 2.02. The topological polar surface area (TPSA) is 72.2 Å². The van der Waals surface area contributed by atoms with Gasteiger partial charge in [-0.2, -0.15) is 0 Å². The molecule has 2 amide bonds. The van der Waals surface area contributed by atoms with Crippen molar-refractivity contribution in [3.8, 4) is 0 Å². The highest BCUT2D eigenvalue weighted by Crippen LogP contribution is 2.28. The van der Waals surface area contributed by atoms with Gasteiger partial charge in [0.2, 0.25) is 11.8 Å². The van der Waals surface area contributed by atoms with E-state index in [4.69, 9.17) is 5.73 Å². The van der Waals surface area contributed by atoms with Gasteiger partial charge in [0, 0.05) is 12.3 Å². The third-order valence-electron chi connectivity index (χ3n) is 2.96. The highest BCUT2D eigenvalue weighted by atomic mass is 19.1. The second-order valence-electron chi connectivity index (χ2n) is 4.57. The van der Waals surface area contributed by atoms with Crippen LogP contribution in [0.1, 0.15) is 18.4 Å². The molecule has 0 unspecified atom stereocenters. The van der Waals surface area contributed by atoms with Crippen molar-refractivity contribution in [2.75, 3.05) is 0 Å². The van der Waals surface area contributed by atoms with Gasteiger partial charge in [-0.15, -0.1) is 0 Å². The van der Waals surface area contributed by atoms with Crippen molar-refractivity contribution in [3.05, 3.63) is 35.6 Å². The van der Waals surface area contributed by atoms with Gasteiger partial charge >= 0.3 is 0 Å². The summed E-state index contributed by atoms with van der Waals surface area (Å²) < 4.78 is 12.7. The molecule has 1 aromatic carbocycles. The molecule has 1 atom stereocenters. The van der Waals surface area contributed by atoms with Crippen molar-refractivity contribution in [2.45, 2.75) is 25.3 Å². The molecule has 0 bridgehead atoms. The third-order valence-corrected chi connectivity index (χ3v) is 2.96. The van der Waals surface area contributed by atoms with E-state index in [2.05, 4.69) is 5.32 Å². The normalized spacial score (nSPS) is 16.1. The minimum absolute atomic E-state index is 0.0278. The number of hydrogen-bond acceptors (Lipinski definition) is 2. The number of amides is 2. The molecule has 1 aliphatic carbocycles. The van der Waals surface area contributed by atoms with Crippen molar-refractivity contribution in [1.29, 1.82) is 0 Å². The van der Waals surface area contributed by atoms with Gasteiger partial charge in [0.1, 0.15) is 11.9 Å². The molecule has 0 radical (unpaired) electrons. The molecule has 0 saturated heterocycles. The first-order chi connectivity index (χ1) is 8.56. The van der Waals surface area contributed by atoms with Gasteiger partial charge in [0.15, 0.2) is 0 Å². The second kappa shape index (κ2) is 5.16. The Morgan fingerprint density at radius 3 is 2.44 bits per heavy atom. The van der Waals surface area contributed by atoms with E-state index in [9.17, 15) is 14.0 Å². The Balaban J connectivity index is 1.99. The fraction of sp³-hybridized carbons (Fsp3) is 0.385. The fourth-order valence-electron chi connectivity index (χ4n) is 1.71. The van der Waals surface area contributed by atoms with E-state index in [1.807, 2.05) is 0 Å². The molecule has 1 aliphatic rings. The Morgan fingerprint density at radius 1 is 1.33 bits per heavy atom. The summed E-state index contributed by atoms with van der Waals surface area (Å²) in [5.41, 5.74) is 6.02. The quantitative estimate of drug-likeness (QED) is 0.809. The maximum absolute atomic E-state index is 12.7. The molecular weight excluding hydrogens is 235 g/mol. The highest BCUT2D eigenvalue weighted by molar-refractivity contribution is 5.88. The van der Waals surface area contributed by atoms with Gasteiger partial charge in [0.05, 0.1) is 0 Å². The van der Waals surface area contributed by atoms with Crippen molar-refractivity contribution in [3.63, 3.8) is 0 Å². The van der Waals surface area contributed by atoms with E-state index in [1.54, 1.807) is 12.1 Å². The molecule has 96 valence electrons. The number of nitrogens with one attached hydrogen (secondary N) is 1. The van der Waals surface area contributed by atoms with Crippen molar-refractivity contribution < 1.29 is 14.0 Å². The molecule has 0 spiro atoms.